The lowest BCUT2D eigenvalue weighted by molar-refractivity contribution is 0.475. The number of nitrogens with one attached hydrogen (secondary N) is 1. The third kappa shape index (κ3) is 3.11. The summed E-state index contributed by atoms with van der Waals surface area (Å²) >= 11 is 0. The van der Waals surface area contributed by atoms with E-state index in [2.05, 4.69) is 23.5 Å². The Morgan fingerprint density at radius 3 is 2.56 bits per heavy atom. The van der Waals surface area contributed by atoms with Gasteiger partial charge in [-0.25, -0.2) is 0 Å². The van der Waals surface area contributed by atoms with E-state index in [-0.39, 0.29) is 0 Å². The smallest absolute Gasteiger partial charge is 0.115 e. The van der Waals surface area contributed by atoms with Crippen molar-refractivity contribution in [2.75, 3.05) is 0 Å². The van der Waals surface area contributed by atoms with Crippen LogP contribution >= 0.6 is 0 Å². The van der Waals surface area contributed by atoms with Crippen LogP contribution < -0.4 is 5.32 Å². The summed E-state index contributed by atoms with van der Waals surface area (Å²) in [6.45, 7) is 6.62. The normalized spacial score (nSPS) is 10.8. The van der Waals surface area contributed by atoms with E-state index in [9.17, 15) is 5.11 Å². The minimum Gasteiger partial charge on any atom is -0.508 e. The van der Waals surface area contributed by atoms with Gasteiger partial charge >= 0.3 is 0 Å². The summed E-state index contributed by atoms with van der Waals surface area (Å²) in [7, 11) is 0. The summed E-state index contributed by atoms with van der Waals surface area (Å²) in [5, 5.41) is 17.0. The standard InChI is InChI=1S/C14H19N3O/c1-3-17-10-13(11(2)16-17)9-15-8-12-4-6-14(18)7-5-12/h4-7,10,15,18H,3,8-9H2,1-2H3. The number of nitrogens with zero attached hydrogens (tertiary/aromatic N) is 2. The predicted molar refractivity (Wildman–Crippen MR) is 71.3 cm³/mol. The van der Waals surface area contributed by atoms with Gasteiger partial charge in [-0.05, 0) is 31.5 Å². The van der Waals surface area contributed by atoms with Gasteiger partial charge in [-0.1, -0.05) is 12.1 Å². The van der Waals surface area contributed by atoms with Gasteiger partial charge in [-0.3, -0.25) is 4.68 Å². The monoisotopic (exact) mass is 245 g/mol. The van der Waals surface area contributed by atoms with E-state index < -0.39 is 0 Å². The number of rotatable bonds is 5. The number of aromatic nitrogens is 2. The first-order chi connectivity index (χ1) is 8.69. The second kappa shape index (κ2) is 5.69. The molecule has 0 radical (unpaired) electrons. The minimum absolute atomic E-state index is 0.304. The molecule has 2 aromatic rings. The zero-order valence-corrected chi connectivity index (χ0v) is 10.8. The second-order valence-electron chi connectivity index (χ2n) is 4.37. The number of aromatic hydroxyl groups is 1. The van der Waals surface area contributed by atoms with Crippen LogP contribution in [-0.4, -0.2) is 14.9 Å². The maximum absolute atomic E-state index is 9.19. The van der Waals surface area contributed by atoms with Gasteiger partial charge in [0.2, 0.25) is 0 Å². The van der Waals surface area contributed by atoms with Crippen LogP contribution in [0.3, 0.4) is 0 Å². The molecule has 0 amide bonds. The molecular weight excluding hydrogens is 226 g/mol. The molecule has 18 heavy (non-hydrogen) atoms. The summed E-state index contributed by atoms with van der Waals surface area (Å²) in [4.78, 5) is 0. The van der Waals surface area contributed by atoms with E-state index in [0.717, 1.165) is 30.9 Å². The van der Waals surface area contributed by atoms with Gasteiger partial charge in [0.25, 0.3) is 0 Å². The molecule has 0 spiro atoms. The Morgan fingerprint density at radius 2 is 1.94 bits per heavy atom. The lowest BCUT2D eigenvalue weighted by atomic mass is 10.2. The fourth-order valence-corrected chi connectivity index (χ4v) is 1.85. The first-order valence-electron chi connectivity index (χ1n) is 6.20. The average molecular weight is 245 g/mol. The van der Waals surface area contributed by atoms with Crippen molar-refractivity contribution < 1.29 is 5.11 Å². The van der Waals surface area contributed by atoms with E-state index in [1.807, 2.05) is 23.7 Å². The molecule has 0 aliphatic heterocycles. The number of hydrogen-bond donors (Lipinski definition) is 2. The summed E-state index contributed by atoms with van der Waals surface area (Å²) in [6, 6.07) is 7.25. The van der Waals surface area contributed by atoms with E-state index in [4.69, 9.17) is 0 Å². The van der Waals surface area contributed by atoms with Crippen LogP contribution in [0.1, 0.15) is 23.7 Å². The Labute approximate surface area is 107 Å². The Bertz CT molecular complexity index is 502. The summed E-state index contributed by atoms with van der Waals surface area (Å²) in [6.07, 6.45) is 2.08. The minimum atomic E-state index is 0.304. The Morgan fingerprint density at radius 1 is 1.22 bits per heavy atom. The molecule has 0 aliphatic carbocycles. The number of phenolic OH excluding ortho intramolecular Hbond substituents is 1. The van der Waals surface area contributed by atoms with Crippen LogP contribution in [0.2, 0.25) is 0 Å². The summed E-state index contributed by atoms with van der Waals surface area (Å²) in [5.41, 5.74) is 3.47. The molecule has 2 rings (SSSR count). The van der Waals surface area contributed by atoms with E-state index in [0.29, 0.717) is 5.75 Å². The molecule has 0 atom stereocenters. The highest BCUT2D eigenvalue weighted by Gasteiger charge is 2.03. The third-order valence-corrected chi connectivity index (χ3v) is 2.95. The Balaban J connectivity index is 1.88. The number of benzene rings is 1. The Hall–Kier alpha value is -1.81. The van der Waals surface area contributed by atoms with Crippen molar-refractivity contribution in [2.24, 2.45) is 0 Å². The van der Waals surface area contributed by atoms with Crippen LogP contribution in [0.15, 0.2) is 30.5 Å². The zero-order chi connectivity index (χ0) is 13.0. The molecule has 0 bridgehead atoms. The third-order valence-electron chi connectivity index (χ3n) is 2.95. The van der Waals surface area contributed by atoms with Crippen LogP contribution in [0.5, 0.6) is 5.75 Å². The number of aryl methyl sites for hydroxylation is 2. The zero-order valence-electron chi connectivity index (χ0n) is 10.8. The van der Waals surface area contributed by atoms with Crippen LogP contribution in [0.25, 0.3) is 0 Å². The van der Waals surface area contributed by atoms with Crippen molar-refractivity contribution in [1.82, 2.24) is 15.1 Å². The molecule has 4 nitrogen and oxygen atoms in total. The van der Waals surface area contributed by atoms with Crippen LogP contribution in [0.4, 0.5) is 0 Å². The topological polar surface area (TPSA) is 50.1 Å². The Kier molecular flexibility index (Phi) is 3.99. The molecule has 0 unspecified atom stereocenters. The highest BCUT2D eigenvalue weighted by Crippen LogP contribution is 2.10. The van der Waals surface area contributed by atoms with Gasteiger partial charge < -0.3 is 10.4 Å². The summed E-state index contributed by atoms with van der Waals surface area (Å²) < 4.78 is 1.95. The van der Waals surface area contributed by atoms with Crippen molar-refractivity contribution >= 4 is 0 Å². The molecule has 0 saturated carbocycles. The first-order valence-corrected chi connectivity index (χ1v) is 6.20. The van der Waals surface area contributed by atoms with Crippen molar-refractivity contribution in [3.63, 3.8) is 0 Å². The average Bonchev–Trinajstić information content (AvgIpc) is 2.73. The van der Waals surface area contributed by atoms with Crippen LogP contribution in [0, 0.1) is 6.92 Å². The number of phenols is 1. The van der Waals surface area contributed by atoms with Crippen molar-refractivity contribution in [3.8, 4) is 5.75 Å². The van der Waals surface area contributed by atoms with Gasteiger partial charge in [0.1, 0.15) is 5.75 Å². The highest BCUT2D eigenvalue weighted by atomic mass is 16.3. The van der Waals surface area contributed by atoms with Gasteiger partial charge in [-0.15, -0.1) is 0 Å². The maximum Gasteiger partial charge on any atom is 0.115 e. The fourth-order valence-electron chi connectivity index (χ4n) is 1.85. The van der Waals surface area contributed by atoms with Gasteiger partial charge in [0.05, 0.1) is 5.69 Å². The highest BCUT2D eigenvalue weighted by molar-refractivity contribution is 5.25. The molecule has 0 aliphatic rings. The molecule has 1 aromatic carbocycles. The molecule has 0 fully saturated rings. The second-order valence-corrected chi connectivity index (χ2v) is 4.37. The molecule has 4 heteroatoms. The van der Waals surface area contributed by atoms with Crippen molar-refractivity contribution in [1.29, 1.82) is 0 Å². The largest absolute Gasteiger partial charge is 0.508 e. The fraction of sp³-hybridized carbons (Fsp3) is 0.357. The molecule has 1 aromatic heterocycles. The van der Waals surface area contributed by atoms with E-state index >= 15 is 0 Å². The lowest BCUT2D eigenvalue weighted by Crippen LogP contribution is -2.12. The first kappa shape index (κ1) is 12.6. The van der Waals surface area contributed by atoms with Crippen molar-refractivity contribution in [3.05, 3.63) is 47.3 Å². The van der Waals surface area contributed by atoms with E-state index in [1.165, 1.54) is 5.56 Å². The number of hydrogen-bond acceptors (Lipinski definition) is 3. The lowest BCUT2D eigenvalue weighted by Gasteiger charge is -2.04. The SMILES string of the molecule is CCn1cc(CNCc2ccc(O)cc2)c(C)n1. The van der Waals surface area contributed by atoms with E-state index in [1.54, 1.807) is 12.1 Å². The molecule has 0 saturated heterocycles. The predicted octanol–water partition coefficient (Wildman–Crippen LogP) is 2.21. The molecule has 1 heterocycles. The quantitative estimate of drug-likeness (QED) is 0.849. The van der Waals surface area contributed by atoms with Gasteiger partial charge in [0, 0.05) is 31.4 Å². The van der Waals surface area contributed by atoms with Gasteiger partial charge in [-0.2, -0.15) is 5.10 Å². The maximum atomic E-state index is 9.19. The molecule has 2 N–H and O–H groups in total. The van der Waals surface area contributed by atoms with Crippen molar-refractivity contribution in [2.45, 2.75) is 33.5 Å². The molecule has 96 valence electrons. The van der Waals surface area contributed by atoms with Gasteiger partial charge in [0.15, 0.2) is 0 Å². The molecular formula is C14H19N3O. The summed E-state index contributed by atoms with van der Waals surface area (Å²) in [5.74, 6) is 0.304. The van der Waals surface area contributed by atoms with Crippen LogP contribution in [-0.2, 0) is 19.6 Å².